The number of methoxy groups -OCH3 is 1. The van der Waals surface area contributed by atoms with Crippen LogP contribution in [0.1, 0.15) is 11.1 Å². The minimum Gasteiger partial charge on any atom is -0.497 e. The van der Waals surface area contributed by atoms with Crippen molar-refractivity contribution in [2.24, 2.45) is 5.73 Å². The normalized spacial score (nSPS) is 10.2. The third kappa shape index (κ3) is 2.81. The summed E-state index contributed by atoms with van der Waals surface area (Å²) in [7, 11) is 1.64. The van der Waals surface area contributed by atoms with Gasteiger partial charge in [-0.05, 0) is 48.4 Å². The zero-order valence-electron chi connectivity index (χ0n) is 10.6. The van der Waals surface area contributed by atoms with Gasteiger partial charge >= 0.3 is 0 Å². The minimum atomic E-state index is 0.545. The maximum atomic E-state index is 5.81. The van der Waals surface area contributed by atoms with Gasteiger partial charge in [0.05, 0.1) is 7.11 Å². The molecule has 0 saturated heterocycles. The molecule has 0 spiro atoms. The Morgan fingerprint density at radius 3 is 2.22 bits per heavy atom. The molecular formula is C15H17NO2. The fourth-order valence-electron chi connectivity index (χ4n) is 1.72. The molecule has 2 rings (SSSR count). The van der Waals surface area contributed by atoms with E-state index in [0.29, 0.717) is 6.54 Å². The molecule has 0 saturated carbocycles. The Hall–Kier alpha value is -2.00. The molecule has 0 fully saturated rings. The molecule has 0 aliphatic carbocycles. The van der Waals surface area contributed by atoms with Gasteiger partial charge in [-0.25, -0.2) is 0 Å². The molecule has 0 aliphatic heterocycles. The van der Waals surface area contributed by atoms with E-state index in [2.05, 4.69) is 0 Å². The van der Waals surface area contributed by atoms with E-state index in [1.165, 1.54) is 0 Å². The van der Waals surface area contributed by atoms with Crippen molar-refractivity contribution >= 4 is 0 Å². The van der Waals surface area contributed by atoms with Gasteiger partial charge in [0.1, 0.15) is 17.2 Å². The summed E-state index contributed by atoms with van der Waals surface area (Å²) in [5.41, 5.74) is 7.78. The third-order valence-electron chi connectivity index (χ3n) is 2.76. The van der Waals surface area contributed by atoms with Crippen molar-refractivity contribution in [2.45, 2.75) is 13.5 Å². The second-order valence-electron chi connectivity index (χ2n) is 4.08. The molecule has 2 aromatic rings. The lowest BCUT2D eigenvalue weighted by Gasteiger charge is -2.10. The van der Waals surface area contributed by atoms with Crippen LogP contribution in [0.3, 0.4) is 0 Å². The number of aryl methyl sites for hydroxylation is 1. The Morgan fingerprint density at radius 2 is 1.67 bits per heavy atom. The van der Waals surface area contributed by atoms with E-state index in [9.17, 15) is 0 Å². The lowest BCUT2D eigenvalue weighted by atomic mass is 10.1. The summed E-state index contributed by atoms with van der Waals surface area (Å²) in [6, 6.07) is 13.5. The lowest BCUT2D eigenvalue weighted by Crippen LogP contribution is -1.97. The molecule has 0 aromatic heterocycles. The highest BCUT2D eigenvalue weighted by Gasteiger charge is 2.02. The maximum Gasteiger partial charge on any atom is 0.130 e. The maximum absolute atomic E-state index is 5.81. The molecule has 0 unspecified atom stereocenters. The van der Waals surface area contributed by atoms with Gasteiger partial charge in [-0.15, -0.1) is 0 Å². The van der Waals surface area contributed by atoms with Crippen molar-refractivity contribution in [2.75, 3.05) is 7.11 Å². The quantitative estimate of drug-likeness (QED) is 0.896. The molecule has 0 bridgehead atoms. The van der Waals surface area contributed by atoms with Crippen molar-refractivity contribution in [1.82, 2.24) is 0 Å². The van der Waals surface area contributed by atoms with Crippen LogP contribution in [0, 0.1) is 6.92 Å². The van der Waals surface area contributed by atoms with Gasteiger partial charge in [-0.1, -0.05) is 12.1 Å². The number of ether oxygens (including phenoxy) is 2. The van der Waals surface area contributed by atoms with Crippen molar-refractivity contribution in [3.8, 4) is 17.2 Å². The first-order valence-electron chi connectivity index (χ1n) is 5.84. The van der Waals surface area contributed by atoms with Crippen LogP contribution in [-0.2, 0) is 6.54 Å². The first-order valence-corrected chi connectivity index (χ1v) is 5.84. The first-order chi connectivity index (χ1) is 8.72. The van der Waals surface area contributed by atoms with Crippen LogP contribution >= 0.6 is 0 Å². The fraction of sp³-hybridized carbons (Fsp3) is 0.200. The highest BCUT2D eigenvalue weighted by molar-refractivity contribution is 5.40. The molecule has 18 heavy (non-hydrogen) atoms. The molecule has 2 N–H and O–H groups in total. The average Bonchev–Trinajstić information content (AvgIpc) is 2.42. The Balaban J connectivity index is 2.17. The van der Waals surface area contributed by atoms with Gasteiger partial charge in [-0.3, -0.25) is 0 Å². The molecule has 3 nitrogen and oxygen atoms in total. The van der Waals surface area contributed by atoms with Crippen LogP contribution in [0.2, 0.25) is 0 Å². The second kappa shape index (κ2) is 5.56. The largest absolute Gasteiger partial charge is 0.497 e. The summed E-state index contributed by atoms with van der Waals surface area (Å²) in [5, 5.41) is 0. The monoisotopic (exact) mass is 243 g/mol. The molecule has 0 heterocycles. The summed E-state index contributed by atoms with van der Waals surface area (Å²) in [6.07, 6.45) is 0. The van der Waals surface area contributed by atoms with Crippen molar-refractivity contribution in [1.29, 1.82) is 0 Å². The van der Waals surface area contributed by atoms with Crippen LogP contribution in [0.5, 0.6) is 17.2 Å². The highest BCUT2D eigenvalue weighted by atomic mass is 16.5. The van der Waals surface area contributed by atoms with Crippen LogP contribution in [0.4, 0.5) is 0 Å². The highest BCUT2D eigenvalue weighted by Crippen LogP contribution is 2.27. The number of rotatable bonds is 4. The number of nitrogens with two attached hydrogens (primary N) is 1. The summed E-state index contributed by atoms with van der Waals surface area (Å²) in [5.74, 6) is 2.45. The Labute approximate surface area is 107 Å². The van der Waals surface area contributed by atoms with Crippen LogP contribution in [-0.4, -0.2) is 7.11 Å². The van der Waals surface area contributed by atoms with Gasteiger partial charge in [0, 0.05) is 6.54 Å². The van der Waals surface area contributed by atoms with Gasteiger partial charge in [0.25, 0.3) is 0 Å². The van der Waals surface area contributed by atoms with Gasteiger partial charge in [-0.2, -0.15) is 0 Å². The molecule has 94 valence electrons. The standard InChI is InChI=1S/C15H17NO2/c1-11-9-12(10-16)3-8-15(11)18-14-6-4-13(17-2)5-7-14/h3-9H,10,16H2,1-2H3. The van der Waals surface area contributed by atoms with Crippen LogP contribution in [0.15, 0.2) is 42.5 Å². The Bertz CT molecular complexity index is 521. The summed E-state index contributed by atoms with van der Waals surface area (Å²) < 4.78 is 10.9. The third-order valence-corrected chi connectivity index (χ3v) is 2.76. The average molecular weight is 243 g/mol. The Kier molecular flexibility index (Phi) is 3.85. The summed E-state index contributed by atoms with van der Waals surface area (Å²) in [6.45, 7) is 2.56. The van der Waals surface area contributed by atoms with Crippen molar-refractivity contribution in [3.05, 3.63) is 53.6 Å². The Morgan fingerprint density at radius 1 is 1.00 bits per heavy atom. The number of hydrogen-bond donors (Lipinski definition) is 1. The molecular weight excluding hydrogens is 226 g/mol. The minimum absolute atomic E-state index is 0.545. The number of benzene rings is 2. The predicted molar refractivity (Wildman–Crippen MR) is 72.1 cm³/mol. The van der Waals surface area contributed by atoms with Crippen molar-refractivity contribution < 1.29 is 9.47 Å². The van der Waals surface area contributed by atoms with Gasteiger partial charge < -0.3 is 15.2 Å². The van der Waals surface area contributed by atoms with Crippen molar-refractivity contribution in [3.63, 3.8) is 0 Å². The molecule has 0 amide bonds. The second-order valence-corrected chi connectivity index (χ2v) is 4.08. The molecule has 3 heteroatoms. The SMILES string of the molecule is COc1ccc(Oc2ccc(CN)cc2C)cc1. The van der Waals surface area contributed by atoms with Gasteiger partial charge in [0.2, 0.25) is 0 Å². The zero-order valence-corrected chi connectivity index (χ0v) is 10.6. The summed E-state index contributed by atoms with van der Waals surface area (Å²) in [4.78, 5) is 0. The molecule has 0 aliphatic rings. The fourth-order valence-corrected chi connectivity index (χ4v) is 1.72. The van der Waals surface area contributed by atoms with E-state index >= 15 is 0 Å². The van der Waals surface area contributed by atoms with E-state index in [1.807, 2.05) is 49.4 Å². The van der Waals surface area contributed by atoms with Crippen LogP contribution < -0.4 is 15.2 Å². The predicted octanol–water partition coefficient (Wildman–Crippen LogP) is 3.25. The topological polar surface area (TPSA) is 44.5 Å². The van der Waals surface area contributed by atoms with E-state index in [4.69, 9.17) is 15.2 Å². The first kappa shape index (κ1) is 12.5. The zero-order chi connectivity index (χ0) is 13.0. The van der Waals surface area contributed by atoms with E-state index < -0.39 is 0 Å². The molecule has 2 aromatic carbocycles. The smallest absolute Gasteiger partial charge is 0.130 e. The summed E-state index contributed by atoms with van der Waals surface area (Å²) >= 11 is 0. The molecule has 0 radical (unpaired) electrons. The van der Waals surface area contributed by atoms with E-state index in [0.717, 1.165) is 28.4 Å². The number of hydrogen-bond acceptors (Lipinski definition) is 3. The van der Waals surface area contributed by atoms with E-state index in [-0.39, 0.29) is 0 Å². The van der Waals surface area contributed by atoms with Gasteiger partial charge in [0.15, 0.2) is 0 Å². The molecule has 0 atom stereocenters. The van der Waals surface area contributed by atoms with Crippen LogP contribution in [0.25, 0.3) is 0 Å². The lowest BCUT2D eigenvalue weighted by molar-refractivity contribution is 0.412. The van der Waals surface area contributed by atoms with E-state index in [1.54, 1.807) is 7.11 Å².